The van der Waals surface area contributed by atoms with Crippen LogP contribution in [0.3, 0.4) is 0 Å². The van der Waals surface area contributed by atoms with Gasteiger partial charge in [0.25, 0.3) is 0 Å². The first-order valence-electron chi connectivity index (χ1n) is 9.08. The zero-order valence-corrected chi connectivity index (χ0v) is 18.1. The number of halogens is 1. The molecule has 1 aliphatic rings. The quantitative estimate of drug-likeness (QED) is 0.524. The van der Waals surface area contributed by atoms with Crippen molar-refractivity contribution < 1.29 is 14.3 Å². The number of nitrogens with zero attached hydrogens (tertiary/aromatic N) is 2. The van der Waals surface area contributed by atoms with Crippen molar-refractivity contribution in [2.24, 2.45) is 10.9 Å². The van der Waals surface area contributed by atoms with Crippen LogP contribution in [0, 0.1) is 5.92 Å². The number of hydrogen-bond acceptors (Lipinski definition) is 4. The molecule has 27 heavy (non-hydrogen) atoms. The molecule has 0 radical (unpaired) electrons. The number of ether oxygens (including phenoxy) is 2. The second-order valence-electron chi connectivity index (χ2n) is 6.52. The molecule has 7 nitrogen and oxygen atoms in total. The van der Waals surface area contributed by atoms with Crippen molar-refractivity contribution in [3.8, 4) is 11.5 Å². The molecule has 0 unspecified atom stereocenters. The first-order chi connectivity index (χ1) is 13.0. The van der Waals surface area contributed by atoms with Crippen LogP contribution >= 0.6 is 15.9 Å². The Morgan fingerprint density at radius 2 is 2.00 bits per heavy atom. The number of carbonyl (C=O) groups excluding carboxylic acids is 1. The highest BCUT2D eigenvalue weighted by Gasteiger charge is 2.23. The standard InChI is InChI=1S/C19H29BrN4O3/c1-21-17(25)11-13-5-7-24(8-6-13)19(22-2)23-12-14-9-15(20)18(27-4)16(10-14)26-3/h9-10,13H,5-8,11-12H2,1-4H3,(H,21,25)(H,22,23). The van der Waals surface area contributed by atoms with Gasteiger partial charge in [-0.15, -0.1) is 0 Å². The molecule has 1 heterocycles. The van der Waals surface area contributed by atoms with Gasteiger partial charge in [0.05, 0.1) is 18.7 Å². The Bertz CT molecular complexity index is 673. The van der Waals surface area contributed by atoms with Crippen molar-refractivity contribution in [3.05, 3.63) is 22.2 Å². The number of aliphatic imine (C=N–C) groups is 1. The van der Waals surface area contributed by atoms with Gasteiger partial charge >= 0.3 is 0 Å². The lowest BCUT2D eigenvalue weighted by Gasteiger charge is -2.34. The summed E-state index contributed by atoms with van der Waals surface area (Å²) in [6.45, 7) is 2.43. The van der Waals surface area contributed by atoms with Gasteiger partial charge in [-0.3, -0.25) is 9.79 Å². The number of amides is 1. The molecule has 0 spiro atoms. The fourth-order valence-corrected chi connectivity index (χ4v) is 3.95. The number of likely N-dealkylation sites (tertiary alicyclic amines) is 1. The Kier molecular flexibility index (Phi) is 8.22. The van der Waals surface area contributed by atoms with E-state index in [4.69, 9.17) is 9.47 Å². The Morgan fingerprint density at radius 1 is 1.30 bits per heavy atom. The molecule has 2 rings (SSSR count). The third-order valence-electron chi connectivity index (χ3n) is 4.82. The molecule has 0 bridgehead atoms. The summed E-state index contributed by atoms with van der Waals surface area (Å²) in [6.07, 6.45) is 2.60. The molecule has 1 aliphatic heterocycles. The molecule has 1 fully saturated rings. The topological polar surface area (TPSA) is 75.2 Å². The van der Waals surface area contributed by atoms with E-state index in [9.17, 15) is 4.79 Å². The number of methoxy groups -OCH3 is 2. The van der Waals surface area contributed by atoms with Gasteiger partial charge < -0.3 is 25.0 Å². The van der Waals surface area contributed by atoms with E-state index in [1.165, 1.54) is 0 Å². The van der Waals surface area contributed by atoms with Crippen molar-refractivity contribution in [1.29, 1.82) is 0 Å². The smallest absolute Gasteiger partial charge is 0.220 e. The highest BCUT2D eigenvalue weighted by atomic mass is 79.9. The lowest BCUT2D eigenvalue weighted by Crippen LogP contribution is -2.45. The molecule has 0 atom stereocenters. The molecule has 1 saturated heterocycles. The fraction of sp³-hybridized carbons (Fsp3) is 0.579. The van der Waals surface area contributed by atoms with Crippen LogP contribution in [-0.4, -0.2) is 58.2 Å². The van der Waals surface area contributed by atoms with Crippen LogP contribution in [0.2, 0.25) is 0 Å². The Morgan fingerprint density at radius 3 is 2.56 bits per heavy atom. The fourth-order valence-electron chi connectivity index (χ4n) is 3.30. The van der Waals surface area contributed by atoms with Crippen molar-refractivity contribution in [3.63, 3.8) is 0 Å². The second kappa shape index (κ2) is 10.4. The molecule has 2 N–H and O–H groups in total. The summed E-state index contributed by atoms with van der Waals surface area (Å²) in [4.78, 5) is 18.2. The number of benzene rings is 1. The van der Waals surface area contributed by atoms with Crippen molar-refractivity contribution in [1.82, 2.24) is 15.5 Å². The van der Waals surface area contributed by atoms with E-state index in [2.05, 4.69) is 36.5 Å². The van der Waals surface area contributed by atoms with E-state index < -0.39 is 0 Å². The van der Waals surface area contributed by atoms with Crippen LogP contribution in [0.5, 0.6) is 11.5 Å². The largest absolute Gasteiger partial charge is 0.493 e. The third-order valence-corrected chi connectivity index (χ3v) is 5.41. The van der Waals surface area contributed by atoms with Crippen molar-refractivity contribution in [2.75, 3.05) is 41.4 Å². The number of guanidine groups is 1. The molecule has 0 aliphatic carbocycles. The Balaban J connectivity index is 1.93. The van der Waals surface area contributed by atoms with Crippen LogP contribution in [0.15, 0.2) is 21.6 Å². The molecular formula is C19H29BrN4O3. The van der Waals surface area contributed by atoms with Gasteiger partial charge in [-0.05, 0) is 52.4 Å². The van der Waals surface area contributed by atoms with E-state index in [0.29, 0.717) is 30.4 Å². The molecule has 1 aromatic carbocycles. The summed E-state index contributed by atoms with van der Waals surface area (Å²) in [5.74, 6) is 2.81. The number of hydrogen-bond donors (Lipinski definition) is 2. The van der Waals surface area contributed by atoms with E-state index in [1.807, 2.05) is 12.1 Å². The van der Waals surface area contributed by atoms with Crippen LogP contribution in [0.25, 0.3) is 0 Å². The number of carbonyl (C=O) groups is 1. The van der Waals surface area contributed by atoms with Gasteiger partial charge in [-0.2, -0.15) is 0 Å². The SMILES string of the molecule is CN=C(NCc1cc(Br)c(OC)c(OC)c1)N1CCC(CC(=O)NC)CC1. The van der Waals surface area contributed by atoms with Crippen molar-refractivity contribution in [2.45, 2.75) is 25.8 Å². The zero-order chi connectivity index (χ0) is 19.8. The summed E-state index contributed by atoms with van der Waals surface area (Å²) in [5, 5.41) is 6.12. The summed E-state index contributed by atoms with van der Waals surface area (Å²) in [7, 11) is 6.73. The van der Waals surface area contributed by atoms with Gasteiger partial charge in [0.2, 0.25) is 5.91 Å². The molecule has 1 amide bonds. The molecular weight excluding hydrogens is 412 g/mol. The summed E-state index contributed by atoms with van der Waals surface area (Å²) in [5.41, 5.74) is 1.06. The van der Waals surface area contributed by atoms with E-state index in [1.54, 1.807) is 28.3 Å². The maximum atomic E-state index is 11.6. The lowest BCUT2D eigenvalue weighted by atomic mass is 9.93. The van der Waals surface area contributed by atoms with Gasteiger partial charge in [0.15, 0.2) is 17.5 Å². The summed E-state index contributed by atoms with van der Waals surface area (Å²) < 4.78 is 11.6. The van der Waals surface area contributed by atoms with Crippen LogP contribution in [-0.2, 0) is 11.3 Å². The third kappa shape index (κ3) is 5.76. The van der Waals surface area contributed by atoms with Gasteiger partial charge in [-0.25, -0.2) is 0 Å². The number of nitrogens with one attached hydrogen (secondary N) is 2. The minimum absolute atomic E-state index is 0.120. The molecule has 0 saturated carbocycles. The number of rotatable bonds is 6. The van der Waals surface area contributed by atoms with E-state index >= 15 is 0 Å². The Labute approximate surface area is 169 Å². The average Bonchev–Trinajstić information content (AvgIpc) is 2.68. The highest BCUT2D eigenvalue weighted by Crippen LogP contribution is 2.36. The predicted octanol–water partition coefficient (Wildman–Crippen LogP) is 2.39. The van der Waals surface area contributed by atoms with E-state index in [-0.39, 0.29) is 5.91 Å². The van der Waals surface area contributed by atoms with Gasteiger partial charge in [0, 0.05) is 40.2 Å². The zero-order valence-electron chi connectivity index (χ0n) is 16.5. The normalized spacial score (nSPS) is 15.4. The molecule has 1 aromatic rings. The van der Waals surface area contributed by atoms with Crippen LogP contribution in [0.1, 0.15) is 24.8 Å². The first-order valence-corrected chi connectivity index (χ1v) is 9.88. The predicted molar refractivity (Wildman–Crippen MR) is 110 cm³/mol. The maximum Gasteiger partial charge on any atom is 0.220 e. The Hall–Kier alpha value is -1.96. The summed E-state index contributed by atoms with van der Waals surface area (Å²) >= 11 is 3.53. The minimum Gasteiger partial charge on any atom is -0.493 e. The average molecular weight is 441 g/mol. The lowest BCUT2D eigenvalue weighted by molar-refractivity contribution is -0.121. The minimum atomic E-state index is 0.120. The highest BCUT2D eigenvalue weighted by molar-refractivity contribution is 9.10. The first kappa shape index (κ1) is 21.3. The second-order valence-corrected chi connectivity index (χ2v) is 7.38. The summed E-state index contributed by atoms with van der Waals surface area (Å²) in [6, 6.07) is 3.97. The van der Waals surface area contributed by atoms with Crippen molar-refractivity contribution >= 4 is 27.8 Å². The molecule has 150 valence electrons. The van der Waals surface area contributed by atoms with Gasteiger partial charge in [-0.1, -0.05) is 0 Å². The monoisotopic (exact) mass is 440 g/mol. The van der Waals surface area contributed by atoms with E-state index in [0.717, 1.165) is 41.9 Å². The van der Waals surface area contributed by atoms with Crippen LogP contribution < -0.4 is 20.1 Å². The number of piperidine rings is 1. The van der Waals surface area contributed by atoms with Gasteiger partial charge in [0.1, 0.15) is 0 Å². The van der Waals surface area contributed by atoms with Crippen LogP contribution in [0.4, 0.5) is 0 Å². The maximum absolute atomic E-state index is 11.6. The molecule has 8 heteroatoms. The molecule has 0 aromatic heterocycles.